The second kappa shape index (κ2) is 11.0. The van der Waals surface area contributed by atoms with Crippen LogP contribution in [0.25, 0.3) is 10.8 Å². The van der Waals surface area contributed by atoms with Crippen molar-refractivity contribution in [2.45, 2.75) is 12.8 Å². The molecule has 0 aliphatic heterocycles. The van der Waals surface area contributed by atoms with Gasteiger partial charge in [0.2, 0.25) is 0 Å². The monoisotopic (exact) mass is 604 g/mol. The van der Waals surface area contributed by atoms with Crippen LogP contribution in [0.4, 0.5) is 13.2 Å². The maximum absolute atomic E-state index is 12.9. The fourth-order valence-corrected chi connectivity index (χ4v) is 4.29. The zero-order valence-electron chi connectivity index (χ0n) is 19.0. The number of halogens is 4. The van der Waals surface area contributed by atoms with Crippen LogP contribution in [0.1, 0.15) is 27.0 Å². The molecule has 0 atom stereocenters. The lowest BCUT2D eigenvalue weighted by Gasteiger charge is -2.14. The molecule has 1 N–H and O–H groups in total. The summed E-state index contributed by atoms with van der Waals surface area (Å²) < 4.78 is 50.9. The zero-order valence-corrected chi connectivity index (χ0v) is 21.1. The van der Waals surface area contributed by atoms with E-state index in [0.717, 1.165) is 32.0 Å². The molecule has 0 saturated carbocycles. The fraction of sp³-hybridized carbons (Fsp3) is 0.111. The Morgan fingerprint density at radius 1 is 1.00 bits per heavy atom. The van der Waals surface area contributed by atoms with Crippen LogP contribution in [0.5, 0.6) is 11.5 Å². The van der Waals surface area contributed by atoms with Gasteiger partial charge in [0.15, 0.2) is 11.5 Å². The SMILES string of the molecule is COc1cc(/C=N\NC(=O)c2cccc(C(F)(F)F)c2)cc(I)c1OCc1ccc2ccccc2c1. The van der Waals surface area contributed by atoms with Crippen molar-refractivity contribution in [1.82, 2.24) is 5.43 Å². The van der Waals surface area contributed by atoms with Crippen LogP contribution in [0, 0.1) is 3.57 Å². The molecular weight excluding hydrogens is 584 g/mol. The molecule has 0 heterocycles. The number of amides is 1. The Kier molecular flexibility index (Phi) is 7.78. The number of benzene rings is 4. The Morgan fingerprint density at radius 3 is 2.53 bits per heavy atom. The first-order valence-electron chi connectivity index (χ1n) is 10.7. The lowest BCUT2D eigenvalue weighted by Crippen LogP contribution is -2.18. The summed E-state index contributed by atoms with van der Waals surface area (Å²) in [4.78, 5) is 12.2. The molecule has 4 aromatic carbocycles. The number of nitrogens with zero attached hydrogens (tertiary/aromatic N) is 1. The van der Waals surface area contributed by atoms with Gasteiger partial charge in [0.25, 0.3) is 5.91 Å². The number of methoxy groups -OCH3 is 1. The molecular formula is C27H20F3IN2O3. The van der Waals surface area contributed by atoms with Crippen molar-refractivity contribution in [1.29, 1.82) is 0 Å². The Bertz CT molecular complexity index is 1440. The van der Waals surface area contributed by atoms with Crippen molar-refractivity contribution in [2.24, 2.45) is 5.10 Å². The van der Waals surface area contributed by atoms with Crippen LogP contribution in [-0.4, -0.2) is 19.2 Å². The fourth-order valence-electron chi connectivity index (χ4n) is 3.51. The lowest BCUT2D eigenvalue weighted by molar-refractivity contribution is -0.137. The van der Waals surface area contributed by atoms with Gasteiger partial charge >= 0.3 is 6.18 Å². The van der Waals surface area contributed by atoms with E-state index in [4.69, 9.17) is 9.47 Å². The predicted molar refractivity (Wildman–Crippen MR) is 140 cm³/mol. The Balaban J connectivity index is 1.44. The third kappa shape index (κ3) is 6.14. The van der Waals surface area contributed by atoms with E-state index in [1.807, 2.05) is 36.4 Å². The van der Waals surface area contributed by atoms with Crippen LogP contribution in [0.15, 0.2) is 84.0 Å². The molecule has 0 aromatic heterocycles. The first-order valence-corrected chi connectivity index (χ1v) is 11.8. The number of nitrogens with one attached hydrogen (secondary N) is 1. The van der Waals surface area contributed by atoms with E-state index in [2.05, 4.69) is 39.2 Å². The van der Waals surface area contributed by atoms with E-state index in [1.165, 1.54) is 25.5 Å². The normalized spacial score (nSPS) is 11.6. The summed E-state index contributed by atoms with van der Waals surface area (Å²) in [5.74, 6) is 0.291. The first kappa shape index (κ1) is 25.5. The lowest BCUT2D eigenvalue weighted by atomic mass is 10.1. The van der Waals surface area contributed by atoms with Crippen molar-refractivity contribution in [3.63, 3.8) is 0 Å². The molecule has 9 heteroatoms. The topological polar surface area (TPSA) is 59.9 Å². The van der Waals surface area contributed by atoms with Crippen molar-refractivity contribution >= 4 is 45.5 Å². The third-order valence-electron chi connectivity index (χ3n) is 5.28. The first-order chi connectivity index (χ1) is 17.2. The van der Waals surface area contributed by atoms with Gasteiger partial charge in [-0.15, -0.1) is 0 Å². The number of ether oxygens (including phenoxy) is 2. The van der Waals surface area contributed by atoms with Gasteiger partial charge < -0.3 is 9.47 Å². The standard InChI is InChI=1S/C27H20F3IN2O3/c1-35-24-13-18(15-32-33-26(34)21-7-4-8-22(14-21)27(28,29)30)12-23(31)25(24)36-16-17-9-10-19-5-2-3-6-20(19)11-17/h2-15H,16H2,1H3,(H,33,34)/b32-15-. The summed E-state index contributed by atoms with van der Waals surface area (Å²) >= 11 is 2.12. The Labute approximate surface area is 219 Å². The maximum atomic E-state index is 12.9. The van der Waals surface area contributed by atoms with E-state index in [-0.39, 0.29) is 5.56 Å². The number of fused-ring (bicyclic) bond motifs is 1. The second-order valence-corrected chi connectivity index (χ2v) is 8.94. The Hall–Kier alpha value is -3.60. The van der Waals surface area contributed by atoms with Gasteiger partial charge in [-0.3, -0.25) is 4.79 Å². The molecule has 0 aliphatic rings. The van der Waals surface area contributed by atoms with Crippen molar-refractivity contribution in [3.8, 4) is 11.5 Å². The molecule has 5 nitrogen and oxygen atoms in total. The number of carbonyl (C=O) groups excluding carboxylic acids is 1. The molecule has 0 bridgehead atoms. The largest absolute Gasteiger partial charge is 0.493 e. The van der Waals surface area contributed by atoms with E-state index in [0.29, 0.717) is 23.7 Å². The van der Waals surface area contributed by atoms with E-state index in [9.17, 15) is 18.0 Å². The molecule has 4 rings (SSSR count). The smallest absolute Gasteiger partial charge is 0.416 e. The maximum Gasteiger partial charge on any atom is 0.416 e. The highest BCUT2D eigenvalue weighted by atomic mass is 127. The van der Waals surface area contributed by atoms with Gasteiger partial charge in [-0.1, -0.05) is 42.5 Å². The highest BCUT2D eigenvalue weighted by Gasteiger charge is 2.30. The average Bonchev–Trinajstić information content (AvgIpc) is 2.87. The number of rotatable bonds is 7. The van der Waals surface area contributed by atoms with Gasteiger partial charge in [0.1, 0.15) is 6.61 Å². The minimum absolute atomic E-state index is 0.147. The molecule has 0 fully saturated rings. The van der Waals surface area contributed by atoms with Crippen LogP contribution in [0.3, 0.4) is 0 Å². The highest BCUT2D eigenvalue weighted by Crippen LogP contribution is 2.34. The van der Waals surface area contributed by atoms with Crippen LogP contribution in [-0.2, 0) is 12.8 Å². The summed E-state index contributed by atoms with van der Waals surface area (Å²) in [6.07, 6.45) is -3.16. The highest BCUT2D eigenvalue weighted by molar-refractivity contribution is 14.1. The van der Waals surface area contributed by atoms with E-state index >= 15 is 0 Å². The van der Waals surface area contributed by atoms with Gasteiger partial charge in [-0.2, -0.15) is 18.3 Å². The van der Waals surface area contributed by atoms with Gasteiger partial charge in [0, 0.05) is 5.56 Å². The molecule has 0 radical (unpaired) electrons. The number of alkyl halides is 3. The van der Waals surface area contributed by atoms with Crippen molar-refractivity contribution < 1.29 is 27.4 Å². The summed E-state index contributed by atoms with van der Waals surface area (Å²) in [6, 6.07) is 21.8. The summed E-state index contributed by atoms with van der Waals surface area (Å²) in [7, 11) is 1.52. The number of hydrazone groups is 1. The number of hydrogen-bond donors (Lipinski definition) is 1. The molecule has 184 valence electrons. The van der Waals surface area contributed by atoms with E-state index in [1.54, 1.807) is 12.1 Å². The second-order valence-electron chi connectivity index (χ2n) is 7.78. The van der Waals surface area contributed by atoms with Crippen molar-refractivity contribution in [2.75, 3.05) is 7.11 Å². The minimum Gasteiger partial charge on any atom is -0.493 e. The predicted octanol–water partition coefficient (Wildman–Crippen LogP) is 6.81. The molecule has 1 amide bonds. The summed E-state index contributed by atoms with van der Waals surface area (Å²) in [6.45, 7) is 0.345. The average molecular weight is 604 g/mol. The summed E-state index contributed by atoms with van der Waals surface area (Å²) in [5, 5.41) is 6.15. The van der Waals surface area contributed by atoms with Gasteiger partial charge in [-0.25, -0.2) is 5.43 Å². The van der Waals surface area contributed by atoms with Gasteiger partial charge in [0.05, 0.1) is 22.5 Å². The molecule has 4 aromatic rings. The zero-order chi connectivity index (χ0) is 25.7. The van der Waals surface area contributed by atoms with Crippen LogP contribution in [0.2, 0.25) is 0 Å². The number of carbonyl (C=O) groups is 1. The van der Waals surface area contributed by atoms with Crippen LogP contribution >= 0.6 is 22.6 Å². The number of hydrogen-bond acceptors (Lipinski definition) is 4. The quantitative estimate of drug-likeness (QED) is 0.143. The molecule has 0 spiro atoms. The van der Waals surface area contributed by atoms with E-state index < -0.39 is 17.6 Å². The molecule has 0 saturated heterocycles. The minimum atomic E-state index is -4.54. The molecule has 36 heavy (non-hydrogen) atoms. The Morgan fingerprint density at radius 2 is 1.78 bits per heavy atom. The molecule has 0 unspecified atom stereocenters. The third-order valence-corrected chi connectivity index (χ3v) is 6.08. The molecule has 0 aliphatic carbocycles. The van der Waals surface area contributed by atoms with Crippen molar-refractivity contribution in [3.05, 3.63) is 105 Å². The van der Waals surface area contributed by atoms with Gasteiger partial charge in [-0.05, 0) is 80.9 Å². The summed E-state index contributed by atoms with van der Waals surface area (Å²) in [5.41, 5.74) is 2.81. The van der Waals surface area contributed by atoms with Crippen LogP contribution < -0.4 is 14.9 Å².